The van der Waals surface area contributed by atoms with Crippen LogP contribution < -0.4 is 5.32 Å². The average Bonchev–Trinajstić information content (AvgIpc) is 3.11. The highest BCUT2D eigenvalue weighted by atomic mass is 35.5. The van der Waals surface area contributed by atoms with Crippen molar-refractivity contribution in [2.24, 2.45) is 0 Å². The molecule has 0 bridgehead atoms. The summed E-state index contributed by atoms with van der Waals surface area (Å²) >= 11 is 5.87. The maximum atomic E-state index is 12.2. The van der Waals surface area contributed by atoms with Crippen molar-refractivity contribution in [3.63, 3.8) is 0 Å². The van der Waals surface area contributed by atoms with Gasteiger partial charge in [0.15, 0.2) is 11.7 Å². The standard InChI is InChI=1S/C19H16ClN3O4/c1-12-15(3-2-4-16(12)23(25)26)22-18(24)9-10-19-21-11-17(27-19)13-5-7-14(20)8-6-13/h2-8,11H,9-10H2,1H3,(H,22,24). The van der Waals surface area contributed by atoms with Crippen molar-refractivity contribution < 1.29 is 14.1 Å². The second-order valence-electron chi connectivity index (χ2n) is 5.88. The molecule has 1 heterocycles. The Labute approximate surface area is 160 Å². The second kappa shape index (κ2) is 8.01. The van der Waals surface area contributed by atoms with Crippen LogP contribution in [0.5, 0.6) is 0 Å². The van der Waals surface area contributed by atoms with Gasteiger partial charge in [-0.05, 0) is 37.3 Å². The zero-order chi connectivity index (χ0) is 19.4. The van der Waals surface area contributed by atoms with Crippen LogP contribution in [0.3, 0.4) is 0 Å². The van der Waals surface area contributed by atoms with Crippen LogP contribution in [0.1, 0.15) is 17.9 Å². The molecule has 0 aliphatic carbocycles. The largest absolute Gasteiger partial charge is 0.441 e. The molecule has 3 rings (SSSR count). The normalized spacial score (nSPS) is 10.6. The quantitative estimate of drug-likeness (QED) is 0.486. The van der Waals surface area contributed by atoms with Crippen LogP contribution in [0.15, 0.2) is 53.1 Å². The van der Waals surface area contributed by atoms with Crippen LogP contribution in [-0.4, -0.2) is 15.8 Å². The molecule has 27 heavy (non-hydrogen) atoms. The molecule has 7 nitrogen and oxygen atoms in total. The van der Waals surface area contributed by atoms with Crippen LogP contribution in [-0.2, 0) is 11.2 Å². The molecule has 0 saturated carbocycles. The number of halogens is 1. The van der Waals surface area contributed by atoms with E-state index in [1.165, 1.54) is 12.1 Å². The SMILES string of the molecule is Cc1c(NC(=O)CCc2ncc(-c3ccc(Cl)cc3)o2)cccc1[N+](=O)[O-]. The number of rotatable bonds is 6. The van der Waals surface area contributed by atoms with Gasteiger partial charge >= 0.3 is 0 Å². The van der Waals surface area contributed by atoms with Gasteiger partial charge in [0, 0.05) is 29.5 Å². The average molecular weight is 386 g/mol. The van der Waals surface area contributed by atoms with Crippen LogP contribution in [0.25, 0.3) is 11.3 Å². The number of amides is 1. The van der Waals surface area contributed by atoms with Gasteiger partial charge in [-0.2, -0.15) is 0 Å². The van der Waals surface area contributed by atoms with Crippen molar-refractivity contribution in [2.45, 2.75) is 19.8 Å². The molecule has 0 spiro atoms. The Morgan fingerprint density at radius 2 is 2.00 bits per heavy atom. The minimum Gasteiger partial charge on any atom is -0.441 e. The zero-order valence-electron chi connectivity index (χ0n) is 14.4. The molecule has 0 fully saturated rings. The lowest BCUT2D eigenvalue weighted by molar-refractivity contribution is -0.385. The molecule has 0 aliphatic rings. The van der Waals surface area contributed by atoms with Crippen molar-refractivity contribution in [2.75, 3.05) is 5.32 Å². The van der Waals surface area contributed by atoms with Gasteiger partial charge in [-0.15, -0.1) is 0 Å². The lowest BCUT2D eigenvalue weighted by Crippen LogP contribution is -2.13. The molecule has 1 aromatic heterocycles. The molecule has 0 unspecified atom stereocenters. The number of aromatic nitrogens is 1. The number of carbonyl (C=O) groups excluding carboxylic acids is 1. The third-order valence-corrected chi connectivity index (χ3v) is 4.28. The summed E-state index contributed by atoms with van der Waals surface area (Å²) < 4.78 is 5.66. The van der Waals surface area contributed by atoms with Crippen LogP contribution >= 0.6 is 11.6 Å². The van der Waals surface area contributed by atoms with Crippen molar-refractivity contribution >= 4 is 28.9 Å². The fourth-order valence-electron chi connectivity index (χ4n) is 2.56. The van der Waals surface area contributed by atoms with E-state index < -0.39 is 4.92 Å². The molecular weight excluding hydrogens is 370 g/mol. The Morgan fingerprint density at radius 1 is 1.26 bits per heavy atom. The molecule has 0 saturated heterocycles. The Bertz CT molecular complexity index is 983. The Hall–Kier alpha value is -3.19. The van der Waals surface area contributed by atoms with Crippen LogP contribution in [0.2, 0.25) is 5.02 Å². The van der Waals surface area contributed by atoms with Crippen LogP contribution in [0.4, 0.5) is 11.4 Å². The number of hydrogen-bond acceptors (Lipinski definition) is 5. The first-order valence-corrected chi connectivity index (χ1v) is 8.56. The van der Waals surface area contributed by atoms with E-state index in [9.17, 15) is 14.9 Å². The Balaban J connectivity index is 1.61. The van der Waals surface area contributed by atoms with Crippen LogP contribution in [0, 0.1) is 17.0 Å². The van der Waals surface area contributed by atoms with Gasteiger partial charge in [-0.3, -0.25) is 14.9 Å². The summed E-state index contributed by atoms with van der Waals surface area (Å²) in [6, 6.07) is 11.7. The first-order valence-electron chi connectivity index (χ1n) is 8.18. The number of nitro groups is 1. The number of nitrogens with zero attached hydrogens (tertiary/aromatic N) is 2. The number of anilines is 1. The molecule has 1 amide bonds. The summed E-state index contributed by atoms with van der Waals surface area (Å²) in [6.45, 7) is 1.60. The van der Waals surface area contributed by atoms with E-state index in [2.05, 4.69) is 10.3 Å². The zero-order valence-corrected chi connectivity index (χ0v) is 15.2. The first-order chi connectivity index (χ1) is 12.9. The van der Waals surface area contributed by atoms with E-state index in [0.717, 1.165) is 5.56 Å². The van der Waals surface area contributed by atoms with Gasteiger partial charge in [-0.1, -0.05) is 17.7 Å². The third-order valence-electron chi connectivity index (χ3n) is 4.02. The van der Waals surface area contributed by atoms with E-state index in [-0.39, 0.29) is 18.0 Å². The molecule has 0 aliphatic heterocycles. The lowest BCUT2D eigenvalue weighted by atomic mass is 10.1. The van der Waals surface area contributed by atoms with E-state index in [1.54, 1.807) is 31.3 Å². The maximum Gasteiger partial charge on any atom is 0.274 e. The summed E-state index contributed by atoms with van der Waals surface area (Å²) in [4.78, 5) is 26.8. The summed E-state index contributed by atoms with van der Waals surface area (Å²) in [7, 11) is 0. The van der Waals surface area contributed by atoms with E-state index in [1.807, 2.05) is 12.1 Å². The minimum atomic E-state index is -0.476. The lowest BCUT2D eigenvalue weighted by Gasteiger charge is -2.08. The van der Waals surface area contributed by atoms with Crippen molar-refractivity contribution in [1.82, 2.24) is 4.98 Å². The van der Waals surface area contributed by atoms with Crippen molar-refractivity contribution in [3.05, 3.63) is 75.3 Å². The van der Waals surface area contributed by atoms with Gasteiger partial charge in [0.1, 0.15) is 0 Å². The number of aryl methyl sites for hydroxylation is 1. The molecular formula is C19H16ClN3O4. The van der Waals surface area contributed by atoms with Gasteiger partial charge in [0.25, 0.3) is 5.69 Å². The third kappa shape index (κ3) is 4.51. The number of oxazole rings is 1. The van der Waals surface area contributed by atoms with Gasteiger partial charge in [0.05, 0.1) is 22.4 Å². The topological polar surface area (TPSA) is 98.3 Å². The predicted molar refractivity (Wildman–Crippen MR) is 102 cm³/mol. The fourth-order valence-corrected chi connectivity index (χ4v) is 2.69. The number of hydrogen-bond donors (Lipinski definition) is 1. The smallest absolute Gasteiger partial charge is 0.274 e. The van der Waals surface area contributed by atoms with Crippen molar-refractivity contribution in [3.8, 4) is 11.3 Å². The minimum absolute atomic E-state index is 0.0342. The summed E-state index contributed by atoms with van der Waals surface area (Å²) in [5.74, 6) is 0.757. The summed E-state index contributed by atoms with van der Waals surface area (Å²) in [5, 5.41) is 14.3. The summed E-state index contributed by atoms with van der Waals surface area (Å²) in [6.07, 6.45) is 2.05. The monoisotopic (exact) mass is 385 g/mol. The molecule has 3 aromatic rings. The second-order valence-corrected chi connectivity index (χ2v) is 6.32. The number of benzene rings is 2. The number of carbonyl (C=O) groups is 1. The predicted octanol–water partition coefficient (Wildman–Crippen LogP) is 4.78. The highest BCUT2D eigenvalue weighted by Crippen LogP contribution is 2.26. The van der Waals surface area contributed by atoms with E-state index in [4.69, 9.17) is 16.0 Å². The molecule has 0 atom stereocenters. The number of nitrogens with one attached hydrogen (secondary N) is 1. The Morgan fingerprint density at radius 3 is 2.70 bits per heavy atom. The molecule has 8 heteroatoms. The molecule has 1 N–H and O–H groups in total. The maximum absolute atomic E-state index is 12.2. The van der Waals surface area contributed by atoms with E-state index >= 15 is 0 Å². The highest BCUT2D eigenvalue weighted by molar-refractivity contribution is 6.30. The highest BCUT2D eigenvalue weighted by Gasteiger charge is 2.15. The molecule has 0 radical (unpaired) electrons. The van der Waals surface area contributed by atoms with Gasteiger partial charge in [0.2, 0.25) is 5.91 Å². The van der Waals surface area contributed by atoms with Crippen molar-refractivity contribution in [1.29, 1.82) is 0 Å². The fraction of sp³-hybridized carbons (Fsp3) is 0.158. The van der Waals surface area contributed by atoms with Gasteiger partial charge in [-0.25, -0.2) is 4.98 Å². The Kier molecular flexibility index (Phi) is 5.52. The van der Waals surface area contributed by atoms with E-state index in [0.29, 0.717) is 34.3 Å². The molecule has 2 aromatic carbocycles. The number of nitro benzene ring substituents is 1. The first kappa shape index (κ1) is 18.6. The molecule has 138 valence electrons. The summed E-state index contributed by atoms with van der Waals surface area (Å²) in [5.41, 5.74) is 1.64. The van der Waals surface area contributed by atoms with Gasteiger partial charge < -0.3 is 9.73 Å².